The maximum absolute atomic E-state index is 6.46. The molecule has 9 rings (SSSR count). The number of hydrogen-bond donors (Lipinski definition) is 0. The van der Waals surface area contributed by atoms with Crippen molar-refractivity contribution < 1.29 is 4.42 Å². The summed E-state index contributed by atoms with van der Waals surface area (Å²) >= 11 is 0. The largest absolute Gasteiger partial charge is 0.435 e. The lowest BCUT2D eigenvalue weighted by Crippen LogP contribution is -2.09. The van der Waals surface area contributed by atoms with Gasteiger partial charge < -0.3 is 9.32 Å². The van der Waals surface area contributed by atoms with Crippen molar-refractivity contribution in [3.8, 4) is 22.6 Å². The van der Waals surface area contributed by atoms with E-state index in [9.17, 15) is 0 Å². The molecule has 0 fully saturated rings. The van der Waals surface area contributed by atoms with Crippen LogP contribution in [0.4, 0.5) is 17.1 Å². The Morgan fingerprint density at radius 3 is 1.85 bits per heavy atom. The van der Waals surface area contributed by atoms with Crippen LogP contribution >= 0.6 is 0 Å². The van der Waals surface area contributed by atoms with Crippen molar-refractivity contribution in [2.75, 3.05) is 4.90 Å². The summed E-state index contributed by atoms with van der Waals surface area (Å²) in [7, 11) is 0. The number of anilines is 3. The molecule has 0 N–H and O–H groups in total. The maximum Gasteiger partial charge on any atom is 0.227 e. The highest BCUT2D eigenvalue weighted by Crippen LogP contribution is 2.39. The van der Waals surface area contributed by atoms with Crippen LogP contribution in [0.2, 0.25) is 0 Å². The van der Waals surface area contributed by atoms with E-state index < -0.39 is 0 Å². The molecule has 0 amide bonds. The molecule has 1 aromatic heterocycles. The Hall–Kier alpha value is -6.19. The highest BCUT2D eigenvalue weighted by atomic mass is 16.3. The third-order valence-electron chi connectivity index (χ3n) is 8.84. The van der Waals surface area contributed by atoms with Crippen LogP contribution in [0, 0.1) is 0 Å². The van der Waals surface area contributed by atoms with Gasteiger partial charge in [-0.15, -0.1) is 0 Å². The Morgan fingerprint density at radius 1 is 0.413 bits per heavy atom. The number of aromatic nitrogens is 1. The Kier molecular flexibility index (Phi) is 6.14. The number of rotatable bonds is 5. The average molecular weight is 589 g/mol. The van der Waals surface area contributed by atoms with Gasteiger partial charge in [0.15, 0.2) is 5.58 Å². The van der Waals surface area contributed by atoms with E-state index in [4.69, 9.17) is 9.40 Å². The maximum atomic E-state index is 6.46. The lowest BCUT2D eigenvalue weighted by molar-refractivity contribution is 0.623. The van der Waals surface area contributed by atoms with E-state index in [1.54, 1.807) is 0 Å². The zero-order valence-electron chi connectivity index (χ0n) is 25.0. The molecule has 8 aromatic carbocycles. The van der Waals surface area contributed by atoms with Crippen LogP contribution in [0.25, 0.3) is 66.0 Å². The molecular weight excluding hydrogens is 560 g/mol. The smallest absolute Gasteiger partial charge is 0.227 e. The lowest BCUT2D eigenvalue weighted by Gasteiger charge is -2.26. The van der Waals surface area contributed by atoms with E-state index in [0.717, 1.165) is 61.0 Å². The first-order valence-electron chi connectivity index (χ1n) is 15.5. The van der Waals surface area contributed by atoms with Crippen LogP contribution in [0.15, 0.2) is 174 Å². The quantitative estimate of drug-likeness (QED) is 0.187. The number of oxazole rings is 1. The minimum Gasteiger partial charge on any atom is -0.435 e. The molecule has 216 valence electrons. The number of para-hydroxylation sites is 1. The van der Waals surface area contributed by atoms with E-state index >= 15 is 0 Å². The first-order chi connectivity index (χ1) is 22.8. The van der Waals surface area contributed by atoms with Gasteiger partial charge in [-0.3, -0.25) is 0 Å². The SMILES string of the molecule is c1ccc(-c2nc3ccc4ccc5ccc(-c6ccc(N(c7ccccc7)c7ccc8ccccc8c7)cc6)cc5c4c3o2)cc1. The molecule has 0 radical (unpaired) electrons. The number of nitrogens with zero attached hydrogens (tertiary/aromatic N) is 2. The summed E-state index contributed by atoms with van der Waals surface area (Å²) in [4.78, 5) is 7.16. The monoisotopic (exact) mass is 588 g/mol. The lowest BCUT2D eigenvalue weighted by atomic mass is 9.96. The van der Waals surface area contributed by atoms with Crippen molar-refractivity contribution in [1.82, 2.24) is 4.98 Å². The molecule has 3 nitrogen and oxygen atoms in total. The van der Waals surface area contributed by atoms with Crippen LogP contribution in [0.1, 0.15) is 0 Å². The van der Waals surface area contributed by atoms with E-state index in [1.165, 1.54) is 16.2 Å². The summed E-state index contributed by atoms with van der Waals surface area (Å²) in [6.45, 7) is 0. The van der Waals surface area contributed by atoms with Crippen LogP contribution in [-0.2, 0) is 0 Å². The molecule has 1 heterocycles. The third kappa shape index (κ3) is 4.49. The number of fused-ring (bicyclic) bond motifs is 6. The minimum atomic E-state index is 0.640. The second-order valence-corrected chi connectivity index (χ2v) is 11.6. The highest BCUT2D eigenvalue weighted by Gasteiger charge is 2.16. The molecule has 9 aromatic rings. The molecule has 0 aliphatic carbocycles. The van der Waals surface area contributed by atoms with Gasteiger partial charge >= 0.3 is 0 Å². The Balaban J connectivity index is 1.15. The fourth-order valence-corrected chi connectivity index (χ4v) is 6.55. The van der Waals surface area contributed by atoms with Gasteiger partial charge in [0.2, 0.25) is 5.89 Å². The Bertz CT molecular complexity index is 2520. The number of hydrogen-bond acceptors (Lipinski definition) is 3. The van der Waals surface area contributed by atoms with Gasteiger partial charge in [-0.2, -0.15) is 0 Å². The van der Waals surface area contributed by atoms with Gasteiger partial charge in [-0.05, 0) is 98.7 Å². The van der Waals surface area contributed by atoms with Crippen molar-refractivity contribution in [3.05, 3.63) is 170 Å². The van der Waals surface area contributed by atoms with Crippen molar-refractivity contribution in [1.29, 1.82) is 0 Å². The van der Waals surface area contributed by atoms with Crippen molar-refractivity contribution >= 4 is 60.5 Å². The van der Waals surface area contributed by atoms with Crippen LogP contribution < -0.4 is 4.90 Å². The van der Waals surface area contributed by atoms with Crippen molar-refractivity contribution in [2.45, 2.75) is 0 Å². The summed E-state index contributed by atoms with van der Waals surface area (Å²) in [6.07, 6.45) is 0. The zero-order chi connectivity index (χ0) is 30.5. The molecule has 0 aliphatic heterocycles. The summed E-state index contributed by atoms with van der Waals surface area (Å²) in [5.41, 5.74) is 8.32. The van der Waals surface area contributed by atoms with Gasteiger partial charge in [0.25, 0.3) is 0 Å². The molecule has 0 saturated carbocycles. The van der Waals surface area contributed by atoms with E-state index in [0.29, 0.717) is 5.89 Å². The van der Waals surface area contributed by atoms with Gasteiger partial charge in [0.1, 0.15) is 5.52 Å². The van der Waals surface area contributed by atoms with Crippen LogP contribution in [0.3, 0.4) is 0 Å². The molecule has 0 atom stereocenters. The van der Waals surface area contributed by atoms with Crippen LogP contribution in [-0.4, -0.2) is 4.98 Å². The first kappa shape index (κ1) is 26.2. The second-order valence-electron chi connectivity index (χ2n) is 11.6. The Morgan fingerprint density at radius 2 is 1.02 bits per heavy atom. The predicted molar refractivity (Wildman–Crippen MR) is 192 cm³/mol. The fraction of sp³-hybridized carbons (Fsp3) is 0. The zero-order valence-corrected chi connectivity index (χ0v) is 25.0. The van der Waals surface area contributed by atoms with Crippen molar-refractivity contribution in [2.24, 2.45) is 0 Å². The molecule has 0 spiro atoms. The first-order valence-corrected chi connectivity index (χ1v) is 15.5. The minimum absolute atomic E-state index is 0.640. The van der Waals surface area contributed by atoms with E-state index in [2.05, 4.69) is 144 Å². The third-order valence-corrected chi connectivity index (χ3v) is 8.84. The normalized spacial score (nSPS) is 11.5. The molecule has 3 heteroatoms. The van der Waals surface area contributed by atoms with E-state index in [1.807, 2.05) is 30.3 Å². The molecule has 0 bridgehead atoms. The summed E-state index contributed by atoms with van der Waals surface area (Å²) in [5, 5.41) is 7.01. The molecular formula is C43H28N2O. The summed E-state index contributed by atoms with van der Waals surface area (Å²) in [6, 6.07) is 59.9. The highest BCUT2D eigenvalue weighted by molar-refractivity contribution is 6.18. The van der Waals surface area contributed by atoms with Gasteiger partial charge in [-0.25, -0.2) is 4.98 Å². The predicted octanol–water partition coefficient (Wildman–Crippen LogP) is 12.1. The Labute approximate surface area is 266 Å². The van der Waals surface area contributed by atoms with Gasteiger partial charge in [-0.1, -0.05) is 109 Å². The second kappa shape index (κ2) is 10.8. The summed E-state index contributed by atoms with van der Waals surface area (Å²) < 4.78 is 6.46. The van der Waals surface area contributed by atoms with Crippen molar-refractivity contribution in [3.63, 3.8) is 0 Å². The van der Waals surface area contributed by atoms with Gasteiger partial charge in [0, 0.05) is 28.0 Å². The summed E-state index contributed by atoms with van der Waals surface area (Å²) in [5.74, 6) is 0.640. The van der Waals surface area contributed by atoms with E-state index in [-0.39, 0.29) is 0 Å². The number of benzene rings is 8. The van der Waals surface area contributed by atoms with Gasteiger partial charge in [0.05, 0.1) is 0 Å². The topological polar surface area (TPSA) is 29.3 Å². The van der Waals surface area contributed by atoms with Crippen LogP contribution in [0.5, 0.6) is 0 Å². The molecule has 46 heavy (non-hydrogen) atoms. The fourth-order valence-electron chi connectivity index (χ4n) is 6.55. The molecule has 0 saturated heterocycles. The molecule has 0 unspecified atom stereocenters. The molecule has 0 aliphatic rings. The standard InChI is InChI=1S/C43H28N2O/c1-3-10-33(11-4-1)43-44-40-26-22-32-17-15-31-16-18-35(28-39(31)41(32)42(40)46-43)30-19-23-37(24-20-30)45(36-13-5-2-6-14-36)38-25-21-29-9-7-8-12-34(29)27-38/h1-28H. The average Bonchev–Trinajstić information content (AvgIpc) is 3.57.